The zero-order chi connectivity index (χ0) is 12.3. The van der Waals surface area contributed by atoms with Crippen LogP contribution in [0.3, 0.4) is 0 Å². The molecule has 7 heteroatoms. The minimum absolute atomic E-state index is 0.0415. The Bertz CT molecular complexity index is 446. The lowest BCUT2D eigenvalue weighted by molar-refractivity contribution is -0.386. The van der Waals surface area contributed by atoms with Crippen LogP contribution >= 0.6 is 15.9 Å². The lowest BCUT2D eigenvalue weighted by atomic mass is 10.2. The van der Waals surface area contributed by atoms with Gasteiger partial charge in [-0.25, -0.2) is 4.79 Å². The number of nitrogens with zero attached hydrogens (tertiary/aromatic N) is 1. The van der Waals surface area contributed by atoms with Crippen molar-refractivity contribution in [1.29, 1.82) is 0 Å². The summed E-state index contributed by atoms with van der Waals surface area (Å²) in [5, 5.41) is 20.0. The van der Waals surface area contributed by atoms with Crippen molar-refractivity contribution >= 4 is 27.6 Å². The Hall–Kier alpha value is -1.63. The van der Waals surface area contributed by atoms with Gasteiger partial charge in [-0.05, 0) is 28.9 Å². The van der Waals surface area contributed by atoms with E-state index in [4.69, 9.17) is 4.74 Å². The van der Waals surface area contributed by atoms with E-state index < -0.39 is 22.3 Å². The number of esters is 1. The van der Waals surface area contributed by atoms with Crippen molar-refractivity contribution in [2.24, 2.45) is 0 Å². The number of hydrogen-bond acceptors (Lipinski definition) is 5. The molecule has 0 aromatic heterocycles. The maximum Gasteiger partial charge on any atom is 0.339 e. The number of carbonyl (C=O) groups is 1. The van der Waals surface area contributed by atoms with Crippen molar-refractivity contribution in [2.75, 3.05) is 6.61 Å². The molecule has 1 aromatic carbocycles. The van der Waals surface area contributed by atoms with Crippen molar-refractivity contribution in [3.63, 3.8) is 0 Å². The van der Waals surface area contributed by atoms with Gasteiger partial charge in [0, 0.05) is 6.07 Å². The van der Waals surface area contributed by atoms with E-state index in [2.05, 4.69) is 15.9 Å². The topological polar surface area (TPSA) is 89.7 Å². The molecule has 1 aromatic rings. The predicted octanol–water partition coefficient (Wildman–Crippen LogP) is 2.24. The molecule has 6 nitrogen and oxygen atoms in total. The molecule has 0 aliphatic rings. The monoisotopic (exact) mass is 289 g/mol. The van der Waals surface area contributed by atoms with E-state index in [1.807, 2.05) is 0 Å². The van der Waals surface area contributed by atoms with Gasteiger partial charge in [0.15, 0.2) is 0 Å². The Morgan fingerprint density at radius 1 is 1.62 bits per heavy atom. The van der Waals surface area contributed by atoms with Gasteiger partial charge in [0.2, 0.25) is 5.75 Å². The number of phenols is 1. The molecule has 0 bridgehead atoms. The highest BCUT2D eigenvalue weighted by Crippen LogP contribution is 2.36. The largest absolute Gasteiger partial charge is 0.501 e. The van der Waals surface area contributed by atoms with E-state index in [0.717, 1.165) is 6.07 Å². The molecular weight excluding hydrogens is 282 g/mol. The first kappa shape index (κ1) is 12.4. The third-order valence-electron chi connectivity index (χ3n) is 1.79. The number of halogens is 1. The summed E-state index contributed by atoms with van der Waals surface area (Å²) >= 11 is 2.91. The summed E-state index contributed by atoms with van der Waals surface area (Å²) in [5.74, 6) is -1.24. The van der Waals surface area contributed by atoms with Gasteiger partial charge in [-0.1, -0.05) is 0 Å². The van der Waals surface area contributed by atoms with Crippen LogP contribution in [0, 0.1) is 10.1 Å². The molecule has 0 unspecified atom stereocenters. The molecule has 0 heterocycles. The number of carbonyl (C=O) groups excluding carboxylic acids is 1. The standard InChI is InChI=1S/C9H8BrNO5/c1-2-16-9(13)5-3-4-6(11(14)15)8(12)7(5)10/h3-4,12H,2H2,1H3. The van der Waals surface area contributed by atoms with E-state index in [0.29, 0.717) is 0 Å². The normalized spacial score (nSPS) is 9.88. The molecule has 0 atom stereocenters. The third kappa shape index (κ3) is 2.30. The lowest BCUT2D eigenvalue weighted by Crippen LogP contribution is -2.06. The summed E-state index contributed by atoms with van der Waals surface area (Å²) in [6.45, 7) is 1.82. The lowest BCUT2D eigenvalue weighted by Gasteiger charge is -2.05. The van der Waals surface area contributed by atoms with Gasteiger partial charge in [-0.15, -0.1) is 0 Å². The fourth-order valence-corrected chi connectivity index (χ4v) is 1.57. The number of benzene rings is 1. The average molecular weight is 290 g/mol. The minimum atomic E-state index is -0.741. The van der Waals surface area contributed by atoms with Crippen molar-refractivity contribution in [3.8, 4) is 5.75 Å². The smallest absolute Gasteiger partial charge is 0.339 e. The van der Waals surface area contributed by atoms with E-state index in [-0.39, 0.29) is 16.6 Å². The van der Waals surface area contributed by atoms with Gasteiger partial charge in [0.25, 0.3) is 0 Å². The highest BCUT2D eigenvalue weighted by molar-refractivity contribution is 9.10. The number of hydrogen-bond donors (Lipinski definition) is 1. The number of ether oxygens (including phenoxy) is 1. The summed E-state index contributed by atoms with van der Waals surface area (Å²) in [6, 6.07) is 2.27. The Morgan fingerprint density at radius 3 is 2.75 bits per heavy atom. The van der Waals surface area contributed by atoms with E-state index >= 15 is 0 Å². The van der Waals surface area contributed by atoms with Crippen LogP contribution in [0.4, 0.5) is 5.69 Å². The van der Waals surface area contributed by atoms with E-state index in [9.17, 15) is 20.0 Å². The number of rotatable bonds is 3. The zero-order valence-corrected chi connectivity index (χ0v) is 9.85. The summed E-state index contributed by atoms with van der Waals surface area (Å²) in [6.07, 6.45) is 0. The second-order valence-corrected chi connectivity index (χ2v) is 3.57. The molecule has 0 fully saturated rings. The summed E-state index contributed by atoms with van der Waals surface area (Å²) in [7, 11) is 0. The van der Waals surface area contributed by atoms with Crippen LogP contribution in [0.1, 0.15) is 17.3 Å². The van der Waals surface area contributed by atoms with Gasteiger partial charge in [-0.2, -0.15) is 0 Å². The first-order chi connectivity index (χ1) is 7.49. The van der Waals surface area contributed by atoms with Crippen LogP contribution in [0.2, 0.25) is 0 Å². The molecule has 0 aliphatic heterocycles. The van der Waals surface area contributed by atoms with Gasteiger partial charge in [0.1, 0.15) is 0 Å². The second kappa shape index (κ2) is 4.93. The van der Waals surface area contributed by atoms with Crippen LogP contribution in [0.15, 0.2) is 16.6 Å². The maximum absolute atomic E-state index is 11.4. The molecule has 0 saturated carbocycles. The van der Waals surface area contributed by atoms with Crippen molar-refractivity contribution in [2.45, 2.75) is 6.92 Å². The molecule has 86 valence electrons. The second-order valence-electron chi connectivity index (χ2n) is 2.77. The average Bonchev–Trinajstić information content (AvgIpc) is 2.21. The molecule has 16 heavy (non-hydrogen) atoms. The zero-order valence-electron chi connectivity index (χ0n) is 8.27. The summed E-state index contributed by atoms with van der Waals surface area (Å²) in [4.78, 5) is 21.1. The van der Waals surface area contributed by atoms with E-state index in [1.54, 1.807) is 6.92 Å². The molecule has 0 radical (unpaired) electrons. The van der Waals surface area contributed by atoms with Crippen molar-refractivity contribution in [1.82, 2.24) is 0 Å². The minimum Gasteiger partial charge on any atom is -0.501 e. The SMILES string of the molecule is CCOC(=O)c1ccc([N+](=O)[O-])c(O)c1Br. The van der Waals surface area contributed by atoms with Crippen molar-refractivity contribution in [3.05, 3.63) is 32.3 Å². The van der Waals surface area contributed by atoms with Crippen LogP contribution < -0.4 is 0 Å². The highest BCUT2D eigenvalue weighted by Gasteiger charge is 2.22. The van der Waals surface area contributed by atoms with Crippen molar-refractivity contribution < 1.29 is 19.6 Å². The Balaban J connectivity index is 3.21. The quantitative estimate of drug-likeness (QED) is 0.524. The first-order valence-electron chi connectivity index (χ1n) is 4.32. The number of phenolic OH excluding ortho intramolecular Hbond substituents is 1. The molecular formula is C9H8BrNO5. The van der Waals surface area contributed by atoms with Gasteiger partial charge in [0.05, 0.1) is 21.6 Å². The maximum atomic E-state index is 11.4. The summed E-state index contributed by atoms with van der Waals surface area (Å²) < 4.78 is 4.67. The van der Waals surface area contributed by atoms with Crippen LogP contribution in [0.5, 0.6) is 5.75 Å². The Kier molecular flexibility index (Phi) is 3.83. The van der Waals surface area contributed by atoms with E-state index in [1.165, 1.54) is 6.07 Å². The molecule has 1 N–H and O–H groups in total. The Labute approximate surface area is 99.1 Å². The predicted molar refractivity (Wildman–Crippen MR) is 58.4 cm³/mol. The molecule has 0 saturated heterocycles. The molecule has 0 aliphatic carbocycles. The molecule has 0 spiro atoms. The molecule has 1 rings (SSSR count). The fraction of sp³-hybridized carbons (Fsp3) is 0.222. The number of nitro benzene ring substituents is 1. The Morgan fingerprint density at radius 2 is 2.25 bits per heavy atom. The van der Waals surface area contributed by atoms with Gasteiger partial charge in [-0.3, -0.25) is 10.1 Å². The highest BCUT2D eigenvalue weighted by atomic mass is 79.9. The third-order valence-corrected chi connectivity index (χ3v) is 2.59. The van der Waals surface area contributed by atoms with Crippen LogP contribution in [-0.2, 0) is 4.74 Å². The van der Waals surface area contributed by atoms with Gasteiger partial charge < -0.3 is 9.84 Å². The number of nitro groups is 1. The first-order valence-corrected chi connectivity index (χ1v) is 5.11. The van der Waals surface area contributed by atoms with Crippen LogP contribution in [-0.4, -0.2) is 22.6 Å². The number of aromatic hydroxyl groups is 1. The summed E-state index contributed by atoms with van der Waals surface area (Å²) in [5.41, 5.74) is -0.426. The fourth-order valence-electron chi connectivity index (χ4n) is 1.07. The van der Waals surface area contributed by atoms with Crippen LogP contribution in [0.25, 0.3) is 0 Å². The molecule has 0 amide bonds. The van der Waals surface area contributed by atoms with Gasteiger partial charge >= 0.3 is 11.7 Å².